The number of carbonyl (C=O) groups excluding carboxylic acids is 1. The van der Waals surface area contributed by atoms with Crippen LogP contribution in [0, 0.1) is 13.8 Å². The van der Waals surface area contributed by atoms with E-state index in [0.717, 1.165) is 11.1 Å². The third-order valence-corrected chi connectivity index (χ3v) is 3.95. The van der Waals surface area contributed by atoms with Gasteiger partial charge in [0.1, 0.15) is 0 Å². The Hall–Kier alpha value is -3.02. The highest BCUT2D eigenvalue weighted by molar-refractivity contribution is 5.76. The Balaban J connectivity index is 1.50. The smallest absolute Gasteiger partial charge is 0.227 e. The number of aromatic nitrogens is 3. The predicted octanol–water partition coefficient (Wildman–Crippen LogP) is 3.00. The third-order valence-electron chi connectivity index (χ3n) is 3.95. The number of aryl methyl sites for hydroxylation is 3. The second kappa shape index (κ2) is 7.70. The highest BCUT2D eigenvalue weighted by Gasteiger charge is 2.10. The topological polar surface area (TPSA) is 80.9 Å². The van der Waals surface area contributed by atoms with Crippen LogP contribution in [0.1, 0.15) is 29.0 Å². The van der Waals surface area contributed by atoms with Crippen molar-refractivity contribution in [3.05, 3.63) is 65.3 Å². The van der Waals surface area contributed by atoms with Crippen molar-refractivity contribution in [1.82, 2.24) is 20.4 Å². The molecule has 128 valence electrons. The zero-order valence-corrected chi connectivity index (χ0v) is 14.3. The van der Waals surface area contributed by atoms with Crippen molar-refractivity contribution in [3.8, 4) is 11.4 Å². The molecule has 0 unspecified atom stereocenters. The van der Waals surface area contributed by atoms with Gasteiger partial charge in [0.2, 0.25) is 17.6 Å². The Morgan fingerprint density at radius 1 is 1.16 bits per heavy atom. The summed E-state index contributed by atoms with van der Waals surface area (Å²) in [5.41, 5.74) is 4.36. The van der Waals surface area contributed by atoms with Gasteiger partial charge in [-0.25, -0.2) is 0 Å². The number of nitrogens with zero attached hydrogens (tertiary/aromatic N) is 3. The van der Waals surface area contributed by atoms with Gasteiger partial charge >= 0.3 is 0 Å². The maximum Gasteiger partial charge on any atom is 0.227 e. The normalized spacial score (nSPS) is 10.6. The maximum atomic E-state index is 12.0. The summed E-state index contributed by atoms with van der Waals surface area (Å²) in [7, 11) is 0. The molecule has 1 N–H and O–H groups in total. The molecule has 0 saturated heterocycles. The van der Waals surface area contributed by atoms with Crippen molar-refractivity contribution in [1.29, 1.82) is 0 Å². The van der Waals surface area contributed by atoms with E-state index in [-0.39, 0.29) is 5.91 Å². The van der Waals surface area contributed by atoms with Crippen LogP contribution in [0.15, 0.2) is 47.2 Å². The van der Waals surface area contributed by atoms with Crippen molar-refractivity contribution < 1.29 is 9.32 Å². The molecule has 0 spiro atoms. The van der Waals surface area contributed by atoms with E-state index in [2.05, 4.69) is 33.4 Å². The summed E-state index contributed by atoms with van der Waals surface area (Å²) in [5.74, 6) is 0.921. The predicted molar refractivity (Wildman–Crippen MR) is 93.6 cm³/mol. The molecule has 0 bridgehead atoms. The summed E-state index contributed by atoms with van der Waals surface area (Å²) in [4.78, 5) is 20.3. The Morgan fingerprint density at radius 2 is 1.96 bits per heavy atom. The van der Waals surface area contributed by atoms with Gasteiger partial charge in [0.15, 0.2) is 0 Å². The van der Waals surface area contributed by atoms with E-state index < -0.39 is 0 Å². The molecule has 0 aliphatic carbocycles. The molecule has 0 saturated carbocycles. The SMILES string of the molecule is Cc1ccc(CNC(=O)CCc2nc(-c3ccncc3)no2)c(C)c1. The molecule has 1 amide bonds. The molecule has 3 aromatic rings. The largest absolute Gasteiger partial charge is 0.352 e. The van der Waals surface area contributed by atoms with Gasteiger partial charge in [-0.3, -0.25) is 9.78 Å². The summed E-state index contributed by atoms with van der Waals surface area (Å²) in [6.07, 6.45) is 4.07. The van der Waals surface area contributed by atoms with Crippen LogP contribution in [0.5, 0.6) is 0 Å². The first-order valence-corrected chi connectivity index (χ1v) is 8.17. The van der Waals surface area contributed by atoms with Crippen molar-refractivity contribution in [2.24, 2.45) is 0 Å². The molecule has 0 aliphatic heterocycles. The van der Waals surface area contributed by atoms with Crippen molar-refractivity contribution >= 4 is 5.91 Å². The van der Waals surface area contributed by atoms with E-state index >= 15 is 0 Å². The number of benzene rings is 1. The average molecular weight is 336 g/mol. The highest BCUT2D eigenvalue weighted by Crippen LogP contribution is 2.15. The van der Waals surface area contributed by atoms with Crippen LogP contribution in [0.2, 0.25) is 0 Å². The van der Waals surface area contributed by atoms with Crippen LogP contribution in [-0.2, 0) is 17.8 Å². The first-order chi connectivity index (χ1) is 12.1. The van der Waals surface area contributed by atoms with E-state index in [1.54, 1.807) is 12.4 Å². The van der Waals surface area contributed by atoms with Gasteiger partial charge in [-0.2, -0.15) is 4.98 Å². The monoisotopic (exact) mass is 336 g/mol. The summed E-state index contributed by atoms with van der Waals surface area (Å²) >= 11 is 0. The lowest BCUT2D eigenvalue weighted by atomic mass is 10.1. The number of hydrogen-bond acceptors (Lipinski definition) is 5. The maximum absolute atomic E-state index is 12.0. The van der Waals surface area contributed by atoms with E-state index in [1.165, 1.54) is 11.1 Å². The van der Waals surface area contributed by atoms with Gasteiger partial charge < -0.3 is 9.84 Å². The Labute approximate surface area is 146 Å². The summed E-state index contributed by atoms with van der Waals surface area (Å²) in [6, 6.07) is 9.83. The summed E-state index contributed by atoms with van der Waals surface area (Å²) < 4.78 is 5.20. The number of rotatable bonds is 6. The molecule has 2 heterocycles. The zero-order chi connectivity index (χ0) is 17.6. The Bertz CT molecular complexity index is 859. The number of nitrogens with one attached hydrogen (secondary N) is 1. The molecular weight excluding hydrogens is 316 g/mol. The van der Waals surface area contributed by atoms with Crippen LogP contribution in [-0.4, -0.2) is 21.0 Å². The van der Waals surface area contributed by atoms with E-state index in [0.29, 0.717) is 31.1 Å². The minimum absolute atomic E-state index is 0.0383. The van der Waals surface area contributed by atoms with E-state index in [4.69, 9.17) is 4.52 Å². The van der Waals surface area contributed by atoms with Gasteiger partial charge in [-0.1, -0.05) is 28.9 Å². The van der Waals surface area contributed by atoms with Gasteiger partial charge in [-0.15, -0.1) is 0 Å². The zero-order valence-electron chi connectivity index (χ0n) is 14.3. The molecule has 6 heteroatoms. The minimum atomic E-state index is -0.0383. The summed E-state index contributed by atoms with van der Waals surface area (Å²) in [6.45, 7) is 4.63. The molecular formula is C19H20N4O2. The number of amides is 1. The van der Waals surface area contributed by atoms with Gasteiger partial charge in [0.05, 0.1) is 0 Å². The standard InChI is InChI=1S/C19H20N4O2/c1-13-3-4-16(14(2)11-13)12-21-17(24)5-6-18-22-19(23-25-18)15-7-9-20-10-8-15/h3-4,7-11H,5-6,12H2,1-2H3,(H,21,24). The van der Waals surface area contributed by atoms with Crippen LogP contribution in [0.4, 0.5) is 0 Å². The van der Waals surface area contributed by atoms with E-state index in [9.17, 15) is 4.79 Å². The second-order valence-electron chi connectivity index (χ2n) is 5.95. The summed E-state index contributed by atoms with van der Waals surface area (Å²) in [5, 5.41) is 6.86. The second-order valence-corrected chi connectivity index (χ2v) is 5.95. The lowest BCUT2D eigenvalue weighted by Gasteiger charge is -2.08. The van der Waals surface area contributed by atoms with Crippen LogP contribution < -0.4 is 5.32 Å². The third kappa shape index (κ3) is 4.50. The number of carbonyl (C=O) groups is 1. The van der Waals surface area contributed by atoms with Crippen LogP contribution in [0.25, 0.3) is 11.4 Å². The Kier molecular flexibility index (Phi) is 5.18. The fourth-order valence-corrected chi connectivity index (χ4v) is 2.52. The molecule has 1 aromatic carbocycles. The number of pyridine rings is 1. The first-order valence-electron chi connectivity index (χ1n) is 8.17. The van der Waals surface area contributed by atoms with Gasteiger partial charge in [0.25, 0.3) is 0 Å². The lowest BCUT2D eigenvalue weighted by Crippen LogP contribution is -2.23. The Morgan fingerprint density at radius 3 is 2.72 bits per heavy atom. The fraction of sp³-hybridized carbons (Fsp3) is 0.263. The fourth-order valence-electron chi connectivity index (χ4n) is 2.52. The van der Waals surface area contributed by atoms with E-state index in [1.807, 2.05) is 31.2 Å². The minimum Gasteiger partial charge on any atom is -0.352 e. The van der Waals surface area contributed by atoms with Crippen molar-refractivity contribution in [3.63, 3.8) is 0 Å². The molecule has 25 heavy (non-hydrogen) atoms. The van der Waals surface area contributed by atoms with Crippen LogP contribution >= 0.6 is 0 Å². The average Bonchev–Trinajstić information content (AvgIpc) is 3.09. The molecule has 6 nitrogen and oxygen atoms in total. The first kappa shape index (κ1) is 16.8. The molecule has 2 aromatic heterocycles. The molecule has 0 atom stereocenters. The number of hydrogen-bond donors (Lipinski definition) is 1. The lowest BCUT2D eigenvalue weighted by molar-refractivity contribution is -0.121. The molecule has 0 radical (unpaired) electrons. The van der Waals surface area contributed by atoms with Gasteiger partial charge in [-0.05, 0) is 37.1 Å². The van der Waals surface area contributed by atoms with Crippen LogP contribution in [0.3, 0.4) is 0 Å². The van der Waals surface area contributed by atoms with Gasteiger partial charge in [0, 0.05) is 37.3 Å². The quantitative estimate of drug-likeness (QED) is 0.748. The molecule has 0 fully saturated rings. The van der Waals surface area contributed by atoms with Crippen molar-refractivity contribution in [2.75, 3.05) is 0 Å². The van der Waals surface area contributed by atoms with Crippen molar-refractivity contribution in [2.45, 2.75) is 33.2 Å². The highest BCUT2D eigenvalue weighted by atomic mass is 16.5. The molecule has 3 rings (SSSR count). The molecule has 0 aliphatic rings.